The summed E-state index contributed by atoms with van der Waals surface area (Å²) < 4.78 is 15.5. The highest BCUT2D eigenvalue weighted by molar-refractivity contribution is 5.81. The van der Waals surface area contributed by atoms with Gasteiger partial charge in [0.15, 0.2) is 5.82 Å². The van der Waals surface area contributed by atoms with Gasteiger partial charge in [0.1, 0.15) is 5.52 Å². The van der Waals surface area contributed by atoms with Crippen LogP contribution in [-0.2, 0) is 0 Å². The van der Waals surface area contributed by atoms with Crippen LogP contribution in [0, 0.1) is 5.82 Å². The highest BCUT2D eigenvalue weighted by Crippen LogP contribution is 2.26. The standard InChI is InChI=1S/C15H15FN4/c1-19(2)10-5-3-6-11(9-10)20-13-8-4-7-12(16)14(13)18-15(20)17/h3-9H,1-2H3,(H2,17,18). The van der Waals surface area contributed by atoms with Gasteiger partial charge in [0.2, 0.25) is 5.95 Å². The second-order valence-corrected chi connectivity index (χ2v) is 4.83. The normalized spacial score (nSPS) is 10.9. The molecule has 3 aromatic rings. The molecule has 5 heteroatoms. The lowest BCUT2D eigenvalue weighted by molar-refractivity contribution is 0.637. The summed E-state index contributed by atoms with van der Waals surface area (Å²) in [6.07, 6.45) is 0. The number of fused-ring (bicyclic) bond motifs is 1. The van der Waals surface area contributed by atoms with Gasteiger partial charge in [-0.05, 0) is 30.3 Å². The highest BCUT2D eigenvalue weighted by atomic mass is 19.1. The molecule has 0 amide bonds. The molecule has 0 aliphatic carbocycles. The number of nitrogen functional groups attached to an aromatic ring is 1. The van der Waals surface area contributed by atoms with E-state index in [1.165, 1.54) is 6.07 Å². The third-order valence-corrected chi connectivity index (χ3v) is 3.27. The van der Waals surface area contributed by atoms with Gasteiger partial charge in [-0.3, -0.25) is 4.57 Å². The fraction of sp³-hybridized carbons (Fsp3) is 0.133. The van der Waals surface area contributed by atoms with E-state index in [0.717, 1.165) is 11.4 Å². The molecule has 2 N–H and O–H groups in total. The summed E-state index contributed by atoms with van der Waals surface area (Å²) >= 11 is 0. The molecule has 1 aromatic heterocycles. The van der Waals surface area contributed by atoms with Gasteiger partial charge in [0.25, 0.3) is 0 Å². The largest absolute Gasteiger partial charge is 0.378 e. The van der Waals surface area contributed by atoms with Crippen molar-refractivity contribution in [2.24, 2.45) is 0 Å². The Bertz CT molecular complexity index is 777. The number of halogens is 1. The topological polar surface area (TPSA) is 47.1 Å². The van der Waals surface area contributed by atoms with Crippen molar-refractivity contribution in [3.8, 4) is 5.69 Å². The summed E-state index contributed by atoms with van der Waals surface area (Å²) in [6.45, 7) is 0. The SMILES string of the molecule is CN(C)c1cccc(-n2c(N)nc3c(F)cccc32)c1. The molecule has 102 valence electrons. The summed E-state index contributed by atoms with van der Waals surface area (Å²) in [5, 5.41) is 0. The summed E-state index contributed by atoms with van der Waals surface area (Å²) in [6, 6.07) is 12.7. The van der Waals surface area contributed by atoms with Gasteiger partial charge in [0, 0.05) is 19.8 Å². The lowest BCUT2D eigenvalue weighted by Gasteiger charge is -2.14. The molecule has 0 fully saturated rings. The molecule has 0 aliphatic heterocycles. The van der Waals surface area contributed by atoms with Gasteiger partial charge in [-0.25, -0.2) is 9.37 Å². The van der Waals surface area contributed by atoms with E-state index in [2.05, 4.69) is 4.98 Å². The number of aromatic nitrogens is 2. The molecule has 3 rings (SSSR count). The minimum atomic E-state index is -0.364. The van der Waals surface area contributed by atoms with Crippen LogP contribution in [0.1, 0.15) is 0 Å². The maximum atomic E-state index is 13.8. The van der Waals surface area contributed by atoms with Crippen molar-refractivity contribution in [3.63, 3.8) is 0 Å². The number of rotatable bonds is 2. The number of benzene rings is 2. The predicted molar refractivity (Wildman–Crippen MR) is 79.8 cm³/mol. The minimum Gasteiger partial charge on any atom is -0.378 e. The number of nitrogens with zero attached hydrogens (tertiary/aromatic N) is 3. The molecule has 0 spiro atoms. The van der Waals surface area contributed by atoms with Crippen LogP contribution in [0.5, 0.6) is 0 Å². The van der Waals surface area contributed by atoms with Gasteiger partial charge >= 0.3 is 0 Å². The van der Waals surface area contributed by atoms with E-state index in [1.54, 1.807) is 10.6 Å². The molecule has 0 radical (unpaired) electrons. The number of hydrogen-bond acceptors (Lipinski definition) is 3. The maximum absolute atomic E-state index is 13.8. The Morgan fingerprint density at radius 1 is 1.15 bits per heavy atom. The van der Waals surface area contributed by atoms with Crippen LogP contribution in [0.2, 0.25) is 0 Å². The lowest BCUT2D eigenvalue weighted by atomic mass is 10.2. The Kier molecular flexibility index (Phi) is 2.82. The van der Waals surface area contributed by atoms with Crippen molar-refractivity contribution in [2.45, 2.75) is 0 Å². The summed E-state index contributed by atoms with van der Waals surface area (Å²) in [7, 11) is 3.93. The monoisotopic (exact) mass is 270 g/mol. The Balaban J connectivity index is 2.27. The zero-order chi connectivity index (χ0) is 14.3. The summed E-state index contributed by atoms with van der Waals surface area (Å²) in [5.41, 5.74) is 8.81. The van der Waals surface area contributed by atoms with Crippen molar-refractivity contribution in [2.75, 3.05) is 24.7 Å². The molecule has 1 heterocycles. The molecule has 0 saturated carbocycles. The van der Waals surface area contributed by atoms with E-state index < -0.39 is 0 Å². The molecule has 2 aromatic carbocycles. The number of hydrogen-bond donors (Lipinski definition) is 1. The van der Waals surface area contributed by atoms with E-state index in [-0.39, 0.29) is 11.8 Å². The predicted octanol–water partition coefficient (Wildman–Crippen LogP) is 2.81. The minimum absolute atomic E-state index is 0.279. The third kappa shape index (κ3) is 1.87. The molecule has 4 nitrogen and oxygen atoms in total. The second-order valence-electron chi connectivity index (χ2n) is 4.83. The van der Waals surface area contributed by atoms with E-state index in [0.29, 0.717) is 11.0 Å². The van der Waals surface area contributed by atoms with Gasteiger partial charge < -0.3 is 10.6 Å². The Labute approximate surface area is 116 Å². The van der Waals surface area contributed by atoms with Crippen LogP contribution in [0.15, 0.2) is 42.5 Å². The van der Waals surface area contributed by atoms with Crippen LogP contribution in [0.4, 0.5) is 16.0 Å². The molecular formula is C15H15FN4. The van der Waals surface area contributed by atoms with Crippen molar-refractivity contribution in [3.05, 3.63) is 48.3 Å². The van der Waals surface area contributed by atoms with Crippen molar-refractivity contribution in [1.82, 2.24) is 9.55 Å². The maximum Gasteiger partial charge on any atom is 0.206 e. The fourth-order valence-corrected chi connectivity index (χ4v) is 2.26. The second kappa shape index (κ2) is 4.52. The lowest BCUT2D eigenvalue weighted by Crippen LogP contribution is -2.09. The zero-order valence-electron chi connectivity index (χ0n) is 11.3. The summed E-state index contributed by atoms with van der Waals surface area (Å²) in [5.74, 6) is -0.0854. The average molecular weight is 270 g/mol. The average Bonchev–Trinajstić information content (AvgIpc) is 2.77. The molecule has 20 heavy (non-hydrogen) atoms. The number of anilines is 2. The zero-order valence-corrected chi connectivity index (χ0v) is 11.3. The molecule has 0 saturated heterocycles. The summed E-state index contributed by atoms with van der Waals surface area (Å²) in [4.78, 5) is 6.12. The number of nitrogens with two attached hydrogens (primary N) is 1. The molecule has 0 atom stereocenters. The van der Waals surface area contributed by atoms with Crippen LogP contribution in [-0.4, -0.2) is 23.6 Å². The van der Waals surface area contributed by atoms with Crippen LogP contribution in [0.3, 0.4) is 0 Å². The first kappa shape index (κ1) is 12.5. The number of imidazole rings is 1. The third-order valence-electron chi connectivity index (χ3n) is 3.27. The first-order valence-electron chi connectivity index (χ1n) is 6.28. The van der Waals surface area contributed by atoms with Crippen LogP contribution < -0.4 is 10.6 Å². The van der Waals surface area contributed by atoms with Gasteiger partial charge in [-0.1, -0.05) is 12.1 Å². The molecular weight excluding hydrogens is 255 g/mol. The Morgan fingerprint density at radius 3 is 2.65 bits per heavy atom. The van der Waals surface area contributed by atoms with E-state index in [9.17, 15) is 4.39 Å². The van der Waals surface area contributed by atoms with Crippen molar-refractivity contribution in [1.29, 1.82) is 0 Å². The fourth-order valence-electron chi connectivity index (χ4n) is 2.26. The smallest absolute Gasteiger partial charge is 0.206 e. The van der Waals surface area contributed by atoms with Gasteiger partial charge in [0.05, 0.1) is 11.2 Å². The Morgan fingerprint density at radius 2 is 1.90 bits per heavy atom. The van der Waals surface area contributed by atoms with Crippen molar-refractivity contribution >= 4 is 22.7 Å². The highest BCUT2D eigenvalue weighted by Gasteiger charge is 2.13. The van der Waals surface area contributed by atoms with Gasteiger partial charge in [-0.15, -0.1) is 0 Å². The number of para-hydroxylation sites is 1. The first-order valence-corrected chi connectivity index (χ1v) is 6.28. The van der Waals surface area contributed by atoms with E-state index in [1.807, 2.05) is 49.3 Å². The molecule has 0 aliphatic rings. The molecule has 0 unspecified atom stereocenters. The van der Waals surface area contributed by atoms with Crippen LogP contribution in [0.25, 0.3) is 16.7 Å². The molecule has 0 bridgehead atoms. The van der Waals surface area contributed by atoms with Gasteiger partial charge in [-0.2, -0.15) is 0 Å². The van der Waals surface area contributed by atoms with Crippen molar-refractivity contribution < 1.29 is 4.39 Å². The first-order chi connectivity index (χ1) is 9.58. The van der Waals surface area contributed by atoms with Crippen LogP contribution >= 0.6 is 0 Å². The quantitative estimate of drug-likeness (QED) is 0.779. The Hall–Kier alpha value is -2.56. The van der Waals surface area contributed by atoms with E-state index in [4.69, 9.17) is 5.73 Å². The van der Waals surface area contributed by atoms with E-state index >= 15 is 0 Å².